The van der Waals surface area contributed by atoms with Gasteiger partial charge in [0.15, 0.2) is 0 Å². The zero-order valence-corrected chi connectivity index (χ0v) is 13.3. The lowest BCUT2D eigenvalue weighted by atomic mass is 10.0. The summed E-state index contributed by atoms with van der Waals surface area (Å²) < 4.78 is 0. The van der Waals surface area contributed by atoms with Crippen LogP contribution in [0.15, 0.2) is 30.3 Å². The number of rotatable bonds is 6. The van der Waals surface area contributed by atoms with Crippen molar-refractivity contribution in [3.05, 3.63) is 35.9 Å². The van der Waals surface area contributed by atoms with E-state index in [9.17, 15) is 4.79 Å². The van der Waals surface area contributed by atoms with E-state index in [4.69, 9.17) is 0 Å². The maximum absolute atomic E-state index is 12.0. The molecule has 2 rings (SSSR count). The number of hydrogen-bond donors (Lipinski definition) is 1. The molecule has 21 heavy (non-hydrogen) atoms. The second-order valence-corrected chi connectivity index (χ2v) is 6.31. The molecule has 0 aliphatic carbocycles. The molecule has 0 saturated carbocycles. The summed E-state index contributed by atoms with van der Waals surface area (Å²) in [6.07, 6.45) is 4.73. The molecule has 1 saturated heterocycles. The fourth-order valence-corrected chi connectivity index (χ4v) is 2.96. The van der Waals surface area contributed by atoms with E-state index in [-0.39, 0.29) is 5.91 Å². The van der Waals surface area contributed by atoms with E-state index >= 15 is 0 Å². The molecule has 0 radical (unpaired) electrons. The molecule has 0 aromatic heterocycles. The van der Waals surface area contributed by atoms with Gasteiger partial charge in [-0.25, -0.2) is 0 Å². The molecule has 1 N–H and O–H groups in total. The molecule has 0 spiro atoms. The quantitative estimate of drug-likeness (QED) is 0.873. The van der Waals surface area contributed by atoms with Crippen molar-refractivity contribution in [3.63, 3.8) is 0 Å². The monoisotopic (exact) mass is 288 g/mol. The minimum absolute atomic E-state index is 0.217. The van der Waals surface area contributed by atoms with Crippen LogP contribution < -0.4 is 5.32 Å². The lowest BCUT2D eigenvalue weighted by Gasteiger charge is -2.34. The minimum atomic E-state index is 0.217. The van der Waals surface area contributed by atoms with E-state index in [0.717, 1.165) is 38.8 Å². The van der Waals surface area contributed by atoms with Crippen LogP contribution in [-0.4, -0.2) is 36.0 Å². The second-order valence-electron chi connectivity index (χ2n) is 6.31. The maximum atomic E-state index is 12.0. The molecule has 1 aliphatic rings. The van der Waals surface area contributed by atoms with E-state index in [1.54, 1.807) is 0 Å². The molecule has 1 fully saturated rings. The van der Waals surface area contributed by atoms with Crippen LogP contribution in [0.25, 0.3) is 0 Å². The average molecular weight is 288 g/mol. The summed E-state index contributed by atoms with van der Waals surface area (Å²) in [6, 6.07) is 11.4. The van der Waals surface area contributed by atoms with Crippen molar-refractivity contribution in [2.75, 3.05) is 13.1 Å². The molecule has 1 aliphatic heterocycles. The first-order valence-corrected chi connectivity index (χ1v) is 8.22. The molecule has 3 heteroatoms. The van der Waals surface area contributed by atoms with Crippen LogP contribution in [0.3, 0.4) is 0 Å². The molecule has 1 aromatic rings. The summed E-state index contributed by atoms with van der Waals surface area (Å²) in [7, 11) is 0. The Morgan fingerprint density at radius 1 is 1.24 bits per heavy atom. The number of carbonyl (C=O) groups excluding carboxylic acids is 1. The number of likely N-dealkylation sites (tertiary alicyclic amines) is 1. The van der Waals surface area contributed by atoms with Crippen molar-refractivity contribution in [1.82, 2.24) is 10.2 Å². The Hall–Kier alpha value is -1.35. The third-order valence-electron chi connectivity index (χ3n) is 4.34. The number of nitrogens with one attached hydrogen (secondary N) is 1. The van der Waals surface area contributed by atoms with Crippen LogP contribution in [0.1, 0.15) is 45.1 Å². The van der Waals surface area contributed by atoms with E-state index in [2.05, 4.69) is 48.3 Å². The van der Waals surface area contributed by atoms with E-state index < -0.39 is 0 Å². The Bertz CT molecular complexity index is 422. The summed E-state index contributed by atoms with van der Waals surface area (Å²) in [6.45, 7) is 6.68. The lowest BCUT2D eigenvalue weighted by Crippen LogP contribution is -2.46. The van der Waals surface area contributed by atoms with E-state index in [1.165, 1.54) is 5.56 Å². The lowest BCUT2D eigenvalue weighted by molar-refractivity contribution is -0.122. The van der Waals surface area contributed by atoms with Gasteiger partial charge in [-0.1, -0.05) is 30.3 Å². The number of aryl methyl sites for hydroxylation is 1. The number of hydrogen-bond acceptors (Lipinski definition) is 2. The number of amides is 1. The van der Waals surface area contributed by atoms with Gasteiger partial charge >= 0.3 is 0 Å². The largest absolute Gasteiger partial charge is 0.353 e. The van der Waals surface area contributed by atoms with E-state index in [1.807, 2.05) is 6.07 Å². The predicted molar refractivity (Wildman–Crippen MR) is 87.3 cm³/mol. The van der Waals surface area contributed by atoms with Crippen LogP contribution in [0.5, 0.6) is 0 Å². The third kappa shape index (κ3) is 5.50. The average Bonchev–Trinajstić information content (AvgIpc) is 2.49. The van der Waals surface area contributed by atoms with Crippen molar-refractivity contribution in [3.8, 4) is 0 Å². The molecule has 1 amide bonds. The van der Waals surface area contributed by atoms with Gasteiger partial charge in [0.25, 0.3) is 0 Å². The van der Waals surface area contributed by atoms with Gasteiger partial charge < -0.3 is 10.2 Å². The zero-order chi connectivity index (χ0) is 15.1. The van der Waals surface area contributed by atoms with Crippen molar-refractivity contribution in [2.24, 2.45) is 0 Å². The summed E-state index contributed by atoms with van der Waals surface area (Å²) in [5, 5.41) is 3.20. The number of benzene rings is 1. The molecule has 1 heterocycles. The van der Waals surface area contributed by atoms with Crippen LogP contribution in [0, 0.1) is 0 Å². The van der Waals surface area contributed by atoms with Crippen molar-refractivity contribution in [2.45, 2.75) is 58.0 Å². The fourth-order valence-electron chi connectivity index (χ4n) is 2.96. The highest BCUT2D eigenvalue weighted by atomic mass is 16.1. The van der Waals surface area contributed by atoms with Crippen LogP contribution in [-0.2, 0) is 11.2 Å². The van der Waals surface area contributed by atoms with Gasteiger partial charge in [0.1, 0.15) is 0 Å². The molecule has 116 valence electrons. The van der Waals surface area contributed by atoms with Gasteiger partial charge in [0.2, 0.25) is 5.91 Å². The Morgan fingerprint density at radius 3 is 2.52 bits per heavy atom. The number of carbonyl (C=O) groups is 1. The highest BCUT2D eigenvalue weighted by Crippen LogP contribution is 2.13. The smallest absolute Gasteiger partial charge is 0.220 e. The van der Waals surface area contributed by atoms with Gasteiger partial charge in [0.05, 0.1) is 0 Å². The van der Waals surface area contributed by atoms with Gasteiger partial charge in [-0.05, 0) is 45.1 Å². The fraction of sp³-hybridized carbons (Fsp3) is 0.611. The SMILES string of the molecule is CC(C)N1CCC(NC(=O)CCCc2ccccc2)CC1. The summed E-state index contributed by atoms with van der Waals surface area (Å²) in [4.78, 5) is 14.5. The van der Waals surface area contributed by atoms with E-state index in [0.29, 0.717) is 18.5 Å². The van der Waals surface area contributed by atoms with Gasteiger partial charge in [-0.2, -0.15) is 0 Å². The van der Waals surface area contributed by atoms with Crippen molar-refractivity contribution < 1.29 is 4.79 Å². The summed E-state index contributed by atoms with van der Waals surface area (Å²) >= 11 is 0. The Kier molecular flexibility index (Phi) is 6.24. The highest BCUT2D eigenvalue weighted by Gasteiger charge is 2.21. The second kappa shape index (κ2) is 8.18. The maximum Gasteiger partial charge on any atom is 0.220 e. The van der Waals surface area contributed by atoms with Crippen LogP contribution in [0.4, 0.5) is 0 Å². The third-order valence-corrected chi connectivity index (χ3v) is 4.34. The first-order valence-electron chi connectivity index (χ1n) is 8.22. The van der Waals surface area contributed by atoms with Crippen molar-refractivity contribution in [1.29, 1.82) is 0 Å². The number of nitrogens with zero attached hydrogens (tertiary/aromatic N) is 1. The number of piperidine rings is 1. The first kappa shape index (κ1) is 16.0. The topological polar surface area (TPSA) is 32.3 Å². The standard InChI is InChI=1S/C18H28N2O/c1-15(2)20-13-11-17(12-14-20)19-18(21)10-6-9-16-7-4-3-5-8-16/h3-5,7-8,15,17H,6,9-14H2,1-2H3,(H,19,21). The minimum Gasteiger partial charge on any atom is -0.353 e. The molecule has 1 aromatic carbocycles. The molecule has 0 atom stereocenters. The highest BCUT2D eigenvalue weighted by molar-refractivity contribution is 5.76. The van der Waals surface area contributed by atoms with Gasteiger partial charge in [-0.15, -0.1) is 0 Å². The molecule has 0 bridgehead atoms. The van der Waals surface area contributed by atoms with Gasteiger partial charge in [-0.3, -0.25) is 4.79 Å². The first-order chi connectivity index (χ1) is 10.1. The Morgan fingerprint density at radius 2 is 1.90 bits per heavy atom. The summed E-state index contributed by atoms with van der Waals surface area (Å²) in [5.41, 5.74) is 1.32. The van der Waals surface area contributed by atoms with Crippen LogP contribution in [0.2, 0.25) is 0 Å². The van der Waals surface area contributed by atoms with Crippen molar-refractivity contribution >= 4 is 5.91 Å². The molecule has 3 nitrogen and oxygen atoms in total. The molecular weight excluding hydrogens is 260 g/mol. The Balaban J connectivity index is 1.62. The predicted octanol–water partition coefficient (Wildman–Crippen LogP) is 3.00. The van der Waals surface area contributed by atoms with Crippen LogP contribution >= 0.6 is 0 Å². The zero-order valence-electron chi connectivity index (χ0n) is 13.3. The molecular formula is C18H28N2O. The summed E-state index contributed by atoms with van der Waals surface area (Å²) in [5.74, 6) is 0.217. The molecule has 0 unspecified atom stereocenters. The van der Waals surface area contributed by atoms with Gasteiger partial charge in [0, 0.05) is 31.6 Å². The Labute approximate surface area is 128 Å². The normalized spacial score (nSPS) is 17.1.